The van der Waals surface area contributed by atoms with Crippen molar-refractivity contribution in [3.05, 3.63) is 12.7 Å². The number of imidazole rings is 1. The normalized spacial score (nSPS) is 20.8. The molecule has 1 saturated heterocycles. The Labute approximate surface area is 231 Å². The molecule has 218 valence electrons. The number of amides is 2. The maximum atomic E-state index is 13.1. The topological polar surface area (TPSA) is 138 Å². The highest BCUT2D eigenvalue weighted by Crippen LogP contribution is 2.38. The lowest BCUT2D eigenvalue weighted by Gasteiger charge is -2.37. The van der Waals surface area contributed by atoms with E-state index in [1.807, 2.05) is 0 Å². The van der Waals surface area contributed by atoms with Gasteiger partial charge in [-0.05, 0) is 59.7 Å². The van der Waals surface area contributed by atoms with Crippen molar-refractivity contribution in [2.24, 2.45) is 0 Å². The summed E-state index contributed by atoms with van der Waals surface area (Å²) in [6.45, 7) is 21.2. The minimum Gasteiger partial charge on any atom is -0.443 e. The number of aromatic nitrogens is 4. The highest BCUT2D eigenvalue weighted by molar-refractivity contribution is 6.74. The van der Waals surface area contributed by atoms with Gasteiger partial charge in [0.1, 0.15) is 29.9 Å². The first kappa shape index (κ1) is 30.9. The number of aliphatic hydroxyl groups is 1. The van der Waals surface area contributed by atoms with Crippen molar-refractivity contribution in [2.45, 2.75) is 117 Å². The zero-order chi connectivity index (χ0) is 29.6. The lowest BCUT2D eigenvalue weighted by Crippen LogP contribution is -2.44. The molecule has 3 heterocycles. The van der Waals surface area contributed by atoms with Crippen LogP contribution in [0.15, 0.2) is 12.7 Å². The summed E-state index contributed by atoms with van der Waals surface area (Å²) < 4.78 is 25.1. The third-order valence-corrected chi connectivity index (χ3v) is 11.1. The van der Waals surface area contributed by atoms with Gasteiger partial charge in [-0.25, -0.2) is 24.5 Å². The second-order valence-corrected chi connectivity index (χ2v) is 18.1. The van der Waals surface area contributed by atoms with Crippen molar-refractivity contribution in [1.29, 1.82) is 0 Å². The largest absolute Gasteiger partial charge is 0.443 e. The molecule has 2 aromatic rings. The fourth-order valence-electron chi connectivity index (χ4n) is 3.62. The molecule has 0 bridgehead atoms. The lowest BCUT2D eigenvalue weighted by molar-refractivity contribution is -0.0405. The van der Waals surface area contributed by atoms with Gasteiger partial charge in [-0.15, -0.1) is 0 Å². The number of carbonyl (C=O) groups excluding carboxylic acids is 2. The van der Waals surface area contributed by atoms with Crippen LogP contribution in [0.1, 0.15) is 75.0 Å². The number of hydrogen-bond donors (Lipinski definition) is 1. The zero-order valence-corrected chi connectivity index (χ0v) is 25.9. The van der Waals surface area contributed by atoms with Crippen LogP contribution in [-0.2, 0) is 18.6 Å². The standard InChI is InChI=1S/C26H43N5O7Si/c1-24(2,3)37-22(33)31(23(34)38-25(4,5)6)21-19-20(27-14-28-21)30(15-29-19)18-12-16(32)17(36-18)13-35-39(10,11)26(7,8)9/h14-18,32H,12-13H2,1-11H3/t16-,17+,18+/m0/s1. The number of nitrogens with zero attached hydrogens (tertiary/aromatic N) is 5. The summed E-state index contributed by atoms with van der Waals surface area (Å²) in [6, 6.07) is 0. The number of carbonyl (C=O) groups is 2. The number of hydrogen-bond acceptors (Lipinski definition) is 10. The molecule has 1 aliphatic heterocycles. The highest BCUT2D eigenvalue weighted by Gasteiger charge is 2.42. The quantitative estimate of drug-likeness (QED) is 0.483. The number of ether oxygens (including phenoxy) is 3. The van der Waals surface area contributed by atoms with Gasteiger partial charge in [0.15, 0.2) is 25.3 Å². The third kappa shape index (κ3) is 7.32. The molecule has 0 aromatic carbocycles. The number of anilines is 1. The third-order valence-electron chi connectivity index (χ3n) is 6.63. The monoisotopic (exact) mass is 565 g/mol. The minimum absolute atomic E-state index is 0.0258. The number of imide groups is 1. The van der Waals surface area contributed by atoms with E-state index in [2.05, 4.69) is 48.8 Å². The van der Waals surface area contributed by atoms with E-state index in [1.54, 1.807) is 46.1 Å². The molecule has 0 radical (unpaired) electrons. The SMILES string of the molecule is CC(C)(C)OC(=O)N(C(=O)OC(C)(C)C)c1ncnc2c1ncn2[C@H]1C[C@H](O)[C@@H](CO[Si](C)(C)C(C)(C)C)O1. The summed E-state index contributed by atoms with van der Waals surface area (Å²) in [5.41, 5.74) is -1.26. The summed E-state index contributed by atoms with van der Waals surface area (Å²) >= 11 is 0. The molecule has 3 atom stereocenters. The van der Waals surface area contributed by atoms with Crippen LogP contribution in [0, 0.1) is 0 Å². The van der Waals surface area contributed by atoms with Crippen molar-refractivity contribution in [3.8, 4) is 0 Å². The van der Waals surface area contributed by atoms with E-state index in [4.69, 9.17) is 18.6 Å². The summed E-state index contributed by atoms with van der Waals surface area (Å²) in [7, 11) is -2.03. The maximum Gasteiger partial charge on any atom is 0.425 e. The molecule has 1 fully saturated rings. The van der Waals surface area contributed by atoms with Gasteiger partial charge in [-0.1, -0.05) is 20.8 Å². The van der Waals surface area contributed by atoms with Gasteiger partial charge in [-0.3, -0.25) is 4.57 Å². The van der Waals surface area contributed by atoms with Crippen LogP contribution in [0.5, 0.6) is 0 Å². The van der Waals surface area contributed by atoms with Gasteiger partial charge in [0.05, 0.1) is 19.0 Å². The summed E-state index contributed by atoms with van der Waals surface area (Å²) in [4.78, 5) is 39.9. The molecule has 0 saturated carbocycles. The molecule has 1 N–H and O–H groups in total. The van der Waals surface area contributed by atoms with Crippen LogP contribution in [-0.4, -0.2) is 75.1 Å². The molecule has 0 aliphatic carbocycles. The highest BCUT2D eigenvalue weighted by atomic mass is 28.4. The predicted octanol–water partition coefficient (Wildman–Crippen LogP) is 5.17. The summed E-state index contributed by atoms with van der Waals surface area (Å²) in [6.07, 6.45) is -0.777. The molecule has 0 spiro atoms. The Morgan fingerprint density at radius 3 is 2.10 bits per heavy atom. The average Bonchev–Trinajstić information content (AvgIpc) is 3.32. The van der Waals surface area contributed by atoms with Gasteiger partial charge >= 0.3 is 12.2 Å². The van der Waals surface area contributed by atoms with E-state index < -0.39 is 50.1 Å². The Bertz CT molecular complexity index is 1170. The van der Waals surface area contributed by atoms with Gasteiger partial charge in [-0.2, -0.15) is 4.90 Å². The smallest absolute Gasteiger partial charge is 0.425 e. The molecule has 3 rings (SSSR count). The molecule has 2 aromatic heterocycles. The van der Waals surface area contributed by atoms with Crippen LogP contribution in [0.2, 0.25) is 18.1 Å². The van der Waals surface area contributed by atoms with Crippen molar-refractivity contribution in [3.63, 3.8) is 0 Å². The fourth-order valence-corrected chi connectivity index (χ4v) is 4.63. The number of fused-ring (bicyclic) bond motifs is 1. The first-order valence-electron chi connectivity index (χ1n) is 13.1. The Kier molecular flexibility index (Phi) is 8.52. The minimum atomic E-state index is -2.03. The summed E-state index contributed by atoms with van der Waals surface area (Å²) in [5.74, 6) is -0.0846. The molecule has 1 aliphatic rings. The molecule has 39 heavy (non-hydrogen) atoms. The van der Waals surface area contributed by atoms with Gasteiger partial charge in [0, 0.05) is 6.42 Å². The number of rotatable bonds is 5. The van der Waals surface area contributed by atoms with E-state index >= 15 is 0 Å². The molecular formula is C26H43N5O7Si. The maximum absolute atomic E-state index is 13.1. The Morgan fingerprint density at radius 1 is 1.03 bits per heavy atom. The zero-order valence-electron chi connectivity index (χ0n) is 24.9. The molecule has 2 amide bonds. The summed E-state index contributed by atoms with van der Waals surface area (Å²) in [5, 5.41) is 10.8. The van der Waals surface area contributed by atoms with E-state index in [0.717, 1.165) is 4.90 Å². The van der Waals surface area contributed by atoms with Gasteiger partial charge in [0.2, 0.25) is 0 Å². The predicted molar refractivity (Wildman–Crippen MR) is 148 cm³/mol. The molecule has 0 unspecified atom stereocenters. The van der Waals surface area contributed by atoms with Crippen LogP contribution in [0.4, 0.5) is 15.4 Å². The van der Waals surface area contributed by atoms with E-state index in [-0.39, 0.29) is 29.4 Å². The fraction of sp³-hybridized carbons (Fsp3) is 0.731. The molecule has 13 heteroatoms. The van der Waals surface area contributed by atoms with Crippen LogP contribution < -0.4 is 4.90 Å². The van der Waals surface area contributed by atoms with Crippen molar-refractivity contribution in [1.82, 2.24) is 19.5 Å². The Balaban J connectivity index is 1.92. The van der Waals surface area contributed by atoms with Gasteiger partial charge < -0.3 is 23.7 Å². The Hall–Kier alpha value is -2.61. The average molecular weight is 566 g/mol. The van der Waals surface area contributed by atoms with E-state index in [9.17, 15) is 14.7 Å². The van der Waals surface area contributed by atoms with Crippen molar-refractivity contribution >= 4 is 37.5 Å². The van der Waals surface area contributed by atoms with Gasteiger partial charge in [0.25, 0.3) is 0 Å². The molecular weight excluding hydrogens is 522 g/mol. The second-order valence-electron chi connectivity index (χ2n) is 13.3. The number of aliphatic hydroxyl groups excluding tert-OH is 1. The van der Waals surface area contributed by atoms with Crippen molar-refractivity contribution < 1.29 is 33.3 Å². The van der Waals surface area contributed by atoms with Crippen LogP contribution in [0.25, 0.3) is 11.2 Å². The van der Waals surface area contributed by atoms with E-state index in [1.165, 1.54) is 12.7 Å². The molecule has 12 nitrogen and oxygen atoms in total. The second kappa shape index (κ2) is 10.8. The van der Waals surface area contributed by atoms with Crippen molar-refractivity contribution in [2.75, 3.05) is 11.5 Å². The lowest BCUT2D eigenvalue weighted by atomic mass is 10.2. The Morgan fingerprint density at radius 2 is 1.59 bits per heavy atom. The van der Waals surface area contributed by atoms with Crippen LogP contribution >= 0.6 is 0 Å². The van der Waals surface area contributed by atoms with E-state index in [0.29, 0.717) is 5.65 Å². The first-order chi connectivity index (χ1) is 17.7. The first-order valence-corrected chi connectivity index (χ1v) is 16.0. The van der Waals surface area contributed by atoms with Crippen LogP contribution in [0.3, 0.4) is 0 Å².